The Labute approximate surface area is 143 Å². The molecule has 0 bridgehead atoms. The van der Waals surface area contributed by atoms with Crippen LogP contribution in [-0.4, -0.2) is 48.1 Å². The van der Waals surface area contributed by atoms with Crippen molar-refractivity contribution >= 4 is 11.8 Å². The third kappa shape index (κ3) is 4.12. The summed E-state index contributed by atoms with van der Waals surface area (Å²) < 4.78 is 40.5. The number of halogens is 3. The molecule has 1 aromatic carbocycles. The lowest BCUT2D eigenvalue weighted by Gasteiger charge is -2.36. The van der Waals surface area contributed by atoms with Crippen molar-refractivity contribution in [3.8, 4) is 0 Å². The van der Waals surface area contributed by atoms with Crippen molar-refractivity contribution in [2.24, 2.45) is 5.92 Å². The minimum Gasteiger partial charge on any atom is -0.376 e. The van der Waals surface area contributed by atoms with Crippen LogP contribution in [0.1, 0.15) is 24.8 Å². The van der Waals surface area contributed by atoms with E-state index in [1.165, 1.54) is 30.1 Å². The van der Waals surface area contributed by atoms with Crippen molar-refractivity contribution in [3.63, 3.8) is 0 Å². The fourth-order valence-electron chi connectivity index (χ4n) is 3.03. The van der Waals surface area contributed by atoms with Gasteiger partial charge >= 0.3 is 6.18 Å². The first kappa shape index (κ1) is 19.2. The van der Waals surface area contributed by atoms with Gasteiger partial charge in [-0.15, -0.1) is 0 Å². The summed E-state index contributed by atoms with van der Waals surface area (Å²) in [4.78, 5) is 25.4. The van der Waals surface area contributed by atoms with E-state index < -0.39 is 30.0 Å². The van der Waals surface area contributed by atoms with Gasteiger partial charge < -0.3 is 15.3 Å². The number of nitrogens with zero attached hydrogens (tertiary/aromatic N) is 1. The summed E-state index contributed by atoms with van der Waals surface area (Å²) in [6.07, 6.45) is -5.01. The van der Waals surface area contributed by atoms with E-state index in [-0.39, 0.29) is 24.6 Å². The minimum atomic E-state index is -5.00. The highest BCUT2D eigenvalue weighted by molar-refractivity contribution is 5.81. The molecule has 1 aromatic rings. The lowest BCUT2D eigenvalue weighted by atomic mass is 9.88. The number of alkyl halides is 3. The molecule has 0 aromatic heterocycles. The summed E-state index contributed by atoms with van der Waals surface area (Å²) in [7, 11) is 1.47. The molecule has 2 amide bonds. The van der Waals surface area contributed by atoms with Crippen LogP contribution in [-0.2, 0) is 15.2 Å². The Morgan fingerprint density at radius 2 is 1.92 bits per heavy atom. The van der Waals surface area contributed by atoms with Gasteiger partial charge in [-0.1, -0.05) is 30.3 Å². The molecule has 2 rings (SSSR count). The molecular weight excluding hydrogens is 337 g/mol. The smallest absolute Gasteiger partial charge is 0.376 e. The molecule has 0 aliphatic carbocycles. The number of hydrogen-bond acceptors (Lipinski definition) is 3. The maximum absolute atomic E-state index is 13.5. The predicted octanol–water partition coefficient (Wildman–Crippen LogP) is 1.81. The fourth-order valence-corrected chi connectivity index (χ4v) is 3.03. The average Bonchev–Trinajstić information content (AvgIpc) is 2.60. The first-order valence-corrected chi connectivity index (χ1v) is 8.03. The number of amides is 2. The third-order valence-electron chi connectivity index (χ3n) is 4.52. The molecule has 8 heteroatoms. The van der Waals surface area contributed by atoms with Crippen LogP contribution in [0.2, 0.25) is 0 Å². The third-order valence-corrected chi connectivity index (χ3v) is 4.52. The van der Waals surface area contributed by atoms with Crippen LogP contribution >= 0.6 is 0 Å². The van der Waals surface area contributed by atoms with Gasteiger partial charge in [-0.3, -0.25) is 9.59 Å². The van der Waals surface area contributed by atoms with Crippen molar-refractivity contribution in [2.75, 3.05) is 20.1 Å². The van der Waals surface area contributed by atoms with E-state index in [0.29, 0.717) is 12.8 Å². The highest BCUT2D eigenvalue weighted by atomic mass is 19.4. The molecular formula is C17H21F3N2O3. The lowest BCUT2D eigenvalue weighted by Crippen LogP contribution is -2.50. The summed E-state index contributed by atoms with van der Waals surface area (Å²) in [5.74, 6) is -1.51. The number of carbonyl (C=O) groups is 2. The van der Waals surface area contributed by atoms with Gasteiger partial charge in [0.05, 0.1) is 12.3 Å². The fraction of sp³-hybridized carbons (Fsp3) is 0.529. The summed E-state index contributed by atoms with van der Waals surface area (Å²) in [6, 6.07) is 6.56. The van der Waals surface area contributed by atoms with Gasteiger partial charge in [0.25, 0.3) is 0 Å². The Hall–Kier alpha value is -2.09. The molecule has 0 radical (unpaired) electrons. The summed E-state index contributed by atoms with van der Waals surface area (Å²) in [5.41, 5.74) is -3.64. The molecule has 25 heavy (non-hydrogen) atoms. The topological polar surface area (TPSA) is 69.6 Å². The van der Waals surface area contributed by atoms with Crippen LogP contribution in [0.3, 0.4) is 0 Å². The van der Waals surface area contributed by atoms with Gasteiger partial charge in [-0.05, 0) is 18.4 Å². The number of rotatable bonds is 4. The van der Waals surface area contributed by atoms with E-state index in [4.69, 9.17) is 0 Å². The quantitative estimate of drug-likeness (QED) is 0.863. The number of benzene rings is 1. The normalized spacial score (nSPS) is 20.7. The summed E-state index contributed by atoms with van der Waals surface area (Å²) in [6.45, 7) is 0.330. The molecule has 138 valence electrons. The number of likely N-dealkylation sites (tertiary alicyclic amines) is 1. The van der Waals surface area contributed by atoms with Crippen molar-refractivity contribution in [1.82, 2.24) is 10.2 Å². The van der Waals surface area contributed by atoms with E-state index >= 15 is 0 Å². The maximum atomic E-state index is 13.5. The van der Waals surface area contributed by atoms with E-state index in [1.807, 2.05) is 0 Å². The summed E-state index contributed by atoms with van der Waals surface area (Å²) in [5, 5.41) is 12.8. The van der Waals surface area contributed by atoms with Gasteiger partial charge in [0, 0.05) is 20.1 Å². The second kappa shape index (κ2) is 7.43. The van der Waals surface area contributed by atoms with Gasteiger partial charge in [-0.2, -0.15) is 13.2 Å². The van der Waals surface area contributed by atoms with Gasteiger partial charge in [0.1, 0.15) is 0 Å². The first-order valence-electron chi connectivity index (χ1n) is 8.03. The van der Waals surface area contributed by atoms with Crippen LogP contribution in [0.4, 0.5) is 13.2 Å². The minimum absolute atomic E-state index is 0.0568. The molecule has 1 aliphatic heterocycles. The highest BCUT2D eigenvalue weighted by Gasteiger charge is 2.56. The Balaban J connectivity index is 2.19. The molecule has 1 fully saturated rings. The largest absolute Gasteiger partial charge is 0.421 e. The second-order valence-corrected chi connectivity index (χ2v) is 6.19. The monoisotopic (exact) mass is 358 g/mol. The SMILES string of the molecule is CNC(=O)[C@H]1CCCN(C(=O)C[C@@](O)(c2ccccc2)C(F)(F)F)C1. The zero-order valence-electron chi connectivity index (χ0n) is 13.8. The van der Waals surface area contributed by atoms with Crippen molar-refractivity contribution < 1.29 is 27.9 Å². The standard InChI is InChI=1S/C17H21F3N2O3/c1-21-15(24)12-6-5-9-22(11-12)14(23)10-16(25,17(18,19)20)13-7-3-2-4-8-13/h2-4,7-8,12,25H,5-6,9-11H2,1H3,(H,21,24)/t12-,16+/m0/s1. The van der Waals surface area contributed by atoms with Crippen molar-refractivity contribution in [2.45, 2.75) is 31.0 Å². The van der Waals surface area contributed by atoms with Crippen molar-refractivity contribution in [3.05, 3.63) is 35.9 Å². The molecule has 0 spiro atoms. The van der Waals surface area contributed by atoms with Gasteiger partial charge in [-0.25, -0.2) is 0 Å². The number of aliphatic hydroxyl groups is 1. The molecule has 0 saturated carbocycles. The van der Waals surface area contributed by atoms with E-state index in [9.17, 15) is 27.9 Å². The van der Waals surface area contributed by atoms with E-state index in [0.717, 1.165) is 12.1 Å². The number of hydrogen-bond donors (Lipinski definition) is 2. The first-order chi connectivity index (χ1) is 11.7. The van der Waals surface area contributed by atoms with Gasteiger partial charge in [0.2, 0.25) is 11.8 Å². The number of carbonyl (C=O) groups excluding carboxylic acids is 2. The molecule has 1 aliphatic rings. The predicted molar refractivity (Wildman–Crippen MR) is 84.4 cm³/mol. The Morgan fingerprint density at radius 3 is 2.48 bits per heavy atom. The molecule has 2 atom stereocenters. The Morgan fingerprint density at radius 1 is 1.28 bits per heavy atom. The molecule has 1 saturated heterocycles. The molecule has 2 N–H and O–H groups in total. The van der Waals surface area contributed by atoms with Crippen LogP contribution in [0, 0.1) is 5.92 Å². The number of piperidine rings is 1. The molecule has 1 heterocycles. The van der Waals surface area contributed by atoms with E-state index in [2.05, 4.69) is 5.32 Å². The number of nitrogens with one attached hydrogen (secondary N) is 1. The lowest BCUT2D eigenvalue weighted by molar-refractivity contribution is -0.268. The maximum Gasteiger partial charge on any atom is 0.421 e. The molecule has 5 nitrogen and oxygen atoms in total. The van der Waals surface area contributed by atoms with E-state index in [1.54, 1.807) is 0 Å². The zero-order chi connectivity index (χ0) is 18.7. The van der Waals surface area contributed by atoms with Crippen molar-refractivity contribution in [1.29, 1.82) is 0 Å². The summed E-state index contributed by atoms with van der Waals surface area (Å²) >= 11 is 0. The van der Waals surface area contributed by atoms with Crippen LogP contribution < -0.4 is 5.32 Å². The average molecular weight is 358 g/mol. The second-order valence-electron chi connectivity index (χ2n) is 6.19. The highest BCUT2D eigenvalue weighted by Crippen LogP contribution is 2.42. The Kier molecular flexibility index (Phi) is 5.72. The Bertz CT molecular complexity index is 621. The van der Waals surface area contributed by atoms with Crippen LogP contribution in [0.5, 0.6) is 0 Å². The van der Waals surface area contributed by atoms with Gasteiger partial charge in [0.15, 0.2) is 5.60 Å². The zero-order valence-corrected chi connectivity index (χ0v) is 13.8. The van der Waals surface area contributed by atoms with Crippen LogP contribution in [0.15, 0.2) is 30.3 Å². The van der Waals surface area contributed by atoms with Crippen LogP contribution in [0.25, 0.3) is 0 Å². The molecule has 0 unspecified atom stereocenters.